The zero-order valence-electron chi connectivity index (χ0n) is 18.7. The van der Waals surface area contributed by atoms with Crippen LogP contribution >= 0.6 is 0 Å². The van der Waals surface area contributed by atoms with Gasteiger partial charge in [0, 0.05) is 5.56 Å². The van der Waals surface area contributed by atoms with Crippen LogP contribution in [0, 0.1) is 0 Å². The van der Waals surface area contributed by atoms with E-state index in [4.69, 9.17) is 4.43 Å². The van der Waals surface area contributed by atoms with Crippen LogP contribution in [0.4, 0.5) is 0 Å². The molecule has 4 rings (SSSR count). The Labute approximate surface area is 188 Å². The largest absolute Gasteiger partial charge is 0.411 e. The van der Waals surface area contributed by atoms with Crippen LogP contribution < -0.4 is 0 Å². The van der Waals surface area contributed by atoms with Gasteiger partial charge >= 0.3 is 0 Å². The van der Waals surface area contributed by atoms with Gasteiger partial charge in [-0.05, 0) is 38.4 Å². The second-order valence-electron chi connectivity index (χ2n) is 9.06. The average Bonchev–Trinajstić information content (AvgIpc) is 2.80. The third-order valence-corrected chi connectivity index (χ3v) is 6.77. The number of rotatable bonds is 5. The van der Waals surface area contributed by atoms with Gasteiger partial charge in [0.05, 0.1) is 6.61 Å². The molecule has 3 heteroatoms. The molecule has 0 aromatic heterocycles. The zero-order chi connectivity index (χ0) is 22.1. The summed E-state index contributed by atoms with van der Waals surface area (Å²) in [4.78, 5) is 0. The second kappa shape index (κ2) is 8.43. The van der Waals surface area contributed by atoms with Crippen molar-refractivity contribution >= 4 is 21.3 Å². The van der Waals surface area contributed by atoms with Crippen LogP contribution in [-0.4, -0.2) is 15.6 Å². The van der Waals surface area contributed by atoms with E-state index in [1.165, 1.54) is 5.56 Å². The van der Waals surface area contributed by atoms with E-state index >= 15 is 0 Å². The van der Waals surface area contributed by atoms with Crippen molar-refractivity contribution in [3.8, 4) is 0 Å². The predicted molar refractivity (Wildman–Crippen MR) is 132 cm³/mol. The topological polar surface area (TPSA) is 29.5 Å². The molecule has 4 aromatic rings. The molecule has 0 fully saturated rings. The summed E-state index contributed by atoms with van der Waals surface area (Å²) >= 11 is 0. The van der Waals surface area contributed by atoms with Crippen molar-refractivity contribution in [3.63, 3.8) is 0 Å². The van der Waals surface area contributed by atoms with Crippen molar-refractivity contribution < 1.29 is 9.53 Å². The lowest BCUT2D eigenvalue weighted by atomic mass is 9.75. The molecule has 158 valence electrons. The van der Waals surface area contributed by atoms with E-state index in [1.807, 2.05) is 18.2 Å². The molecule has 0 heterocycles. The van der Waals surface area contributed by atoms with Crippen LogP contribution in [0.25, 0.3) is 10.8 Å². The maximum atomic E-state index is 10.4. The SMILES string of the molecule is CC(C)(C)c1ccc2c(C(O[SiH3])(c3ccccc3)c3ccccc3)c(CO)ccc2c1. The number of hydrogen-bond acceptors (Lipinski definition) is 2. The van der Waals surface area contributed by atoms with Gasteiger partial charge in [-0.1, -0.05) is 112 Å². The molecule has 0 amide bonds. The number of fused-ring (bicyclic) bond motifs is 1. The average molecular weight is 427 g/mol. The highest BCUT2D eigenvalue weighted by Crippen LogP contribution is 2.45. The van der Waals surface area contributed by atoms with Crippen molar-refractivity contribution in [2.75, 3.05) is 0 Å². The summed E-state index contributed by atoms with van der Waals surface area (Å²) in [5.41, 5.74) is 4.62. The molecule has 31 heavy (non-hydrogen) atoms. The second-order valence-corrected chi connectivity index (χ2v) is 9.47. The molecule has 0 aliphatic rings. The van der Waals surface area contributed by atoms with E-state index in [1.54, 1.807) is 0 Å². The first-order chi connectivity index (χ1) is 14.9. The fourth-order valence-electron chi connectivity index (χ4n) is 4.53. The van der Waals surface area contributed by atoms with Crippen LogP contribution in [0.2, 0.25) is 0 Å². The number of benzene rings is 4. The molecule has 0 spiro atoms. The first-order valence-corrected chi connectivity index (χ1v) is 11.6. The first kappa shape index (κ1) is 21.5. The smallest absolute Gasteiger partial charge is 0.148 e. The standard InChI is InChI=1S/C28H30O2Si/c1-27(2,3)24-16-17-25-20(18-24)14-15-21(19-29)26(25)28(30-31,22-10-6-4-7-11-22)23-12-8-5-9-13-23/h4-18,29H,19H2,1-3,31H3. The first-order valence-electron chi connectivity index (χ1n) is 10.8. The highest BCUT2D eigenvalue weighted by Gasteiger charge is 2.39. The molecule has 0 saturated heterocycles. The molecule has 0 aliphatic carbocycles. The summed E-state index contributed by atoms with van der Waals surface area (Å²) in [5, 5.41) is 12.6. The van der Waals surface area contributed by atoms with E-state index in [0.29, 0.717) is 10.5 Å². The van der Waals surface area contributed by atoms with Gasteiger partial charge in [0.15, 0.2) is 0 Å². The van der Waals surface area contributed by atoms with Gasteiger partial charge < -0.3 is 9.53 Å². The van der Waals surface area contributed by atoms with Gasteiger partial charge in [-0.2, -0.15) is 0 Å². The fourth-order valence-corrected chi connectivity index (χ4v) is 5.20. The van der Waals surface area contributed by atoms with Crippen molar-refractivity contribution in [3.05, 3.63) is 119 Å². The number of aliphatic hydroxyl groups is 1. The lowest BCUT2D eigenvalue weighted by Crippen LogP contribution is -2.33. The summed E-state index contributed by atoms with van der Waals surface area (Å²) in [6.45, 7) is 6.65. The summed E-state index contributed by atoms with van der Waals surface area (Å²) in [7, 11) is 0.536. The minimum Gasteiger partial charge on any atom is -0.411 e. The van der Waals surface area contributed by atoms with Crippen LogP contribution in [0.15, 0.2) is 91.0 Å². The highest BCUT2D eigenvalue weighted by molar-refractivity contribution is 5.99. The molecule has 0 radical (unpaired) electrons. The Bertz CT molecular complexity index is 1140. The third kappa shape index (κ3) is 3.74. The van der Waals surface area contributed by atoms with Gasteiger partial charge in [0.1, 0.15) is 16.1 Å². The molecule has 0 atom stereocenters. The molecule has 1 N–H and O–H groups in total. The molecule has 0 saturated carbocycles. The third-order valence-electron chi connectivity index (χ3n) is 6.16. The Morgan fingerprint density at radius 1 is 0.742 bits per heavy atom. The van der Waals surface area contributed by atoms with Crippen molar-refractivity contribution in [1.29, 1.82) is 0 Å². The minimum atomic E-state index is -0.782. The summed E-state index contributed by atoms with van der Waals surface area (Å²) < 4.78 is 6.57. The molecular weight excluding hydrogens is 396 g/mol. The van der Waals surface area contributed by atoms with E-state index in [2.05, 4.69) is 93.6 Å². The Balaban J connectivity index is 2.13. The summed E-state index contributed by atoms with van der Waals surface area (Å²) in [6, 6.07) is 31.6. The van der Waals surface area contributed by atoms with Crippen molar-refractivity contribution in [1.82, 2.24) is 0 Å². The van der Waals surface area contributed by atoms with E-state index in [9.17, 15) is 5.11 Å². The normalized spacial score (nSPS) is 12.4. The minimum absolute atomic E-state index is 0.0430. The van der Waals surface area contributed by atoms with Crippen LogP contribution in [0.3, 0.4) is 0 Å². The Morgan fingerprint density at radius 3 is 1.81 bits per heavy atom. The molecule has 2 nitrogen and oxygen atoms in total. The monoisotopic (exact) mass is 426 g/mol. The molecule has 0 aliphatic heterocycles. The van der Waals surface area contributed by atoms with Crippen molar-refractivity contribution in [2.24, 2.45) is 0 Å². The van der Waals surface area contributed by atoms with Crippen molar-refractivity contribution in [2.45, 2.75) is 38.4 Å². The van der Waals surface area contributed by atoms with Crippen LogP contribution in [0.5, 0.6) is 0 Å². The maximum absolute atomic E-state index is 10.4. The fraction of sp³-hybridized carbons (Fsp3) is 0.214. The van der Waals surface area contributed by atoms with Crippen LogP contribution in [0.1, 0.15) is 48.6 Å². The Kier molecular flexibility index (Phi) is 5.85. The maximum Gasteiger partial charge on any atom is 0.148 e. The summed E-state index contributed by atoms with van der Waals surface area (Å²) in [6.07, 6.45) is 0. The lowest BCUT2D eigenvalue weighted by Gasteiger charge is -2.37. The van der Waals surface area contributed by atoms with Gasteiger partial charge in [0.2, 0.25) is 0 Å². The van der Waals surface area contributed by atoms with E-state index in [-0.39, 0.29) is 12.0 Å². The van der Waals surface area contributed by atoms with E-state index < -0.39 is 5.60 Å². The molecule has 0 unspecified atom stereocenters. The zero-order valence-corrected chi connectivity index (χ0v) is 20.7. The van der Waals surface area contributed by atoms with Gasteiger partial charge in [-0.15, -0.1) is 0 Å². The van der Waals surface area contributed by atoms with E-state index in [0.717, 1.165) is 33.0 Å². The Hall–Kier alpha value is -2.72. The van der Waals surface area contributed by atoms with Gasteiger partial charge in [-0.3, -0.25) is 0 Å². The van der Waals surface area contributed by atoms with Gasteiger partial charge in [-0.25, -0.2) is 0 Å². The molecular formula is C28H30O2Si. The predicted octanol–water partition coefficient (Wildman–Crippen LogP) is 5.22. The number of hydrogen-bond donors (Lipinski definition) is 1. The Morgan fingerprint density at radius 2 is 1.32 bits per heavy atom. The van der Waals surface area contributed by atoms with Crippen LogP contribution in [-0.2, 0) is 22.0 Å². The quantitative estimate of drug-likeness (QED) is 0.350. The molecule has 0 bridgehead atoms. The lowest BCUT2D eigenvalue weighted by molar-refractivity contribution is 0.170. The molecule has 4 aromatic carbocycles. The summed E-state index contributed by atoms with van der Waals surface area (Å²) in [5.74, 6) is 0. The number of aliphatic hydroxyl groups excluding tert-OH is 1. The highest BCUT2D eigenvalue weighted by atomic mass is 28.2. The van der Waals surface area contributed by atoms with Gasteiger partial charge in [0.25, 0.3) is 0 Å².